The van der Waals surface area contributed by atoms with Crippen molar-refractivity contribution < 1.29 is 0 Å². The molecule has 0 fully saturated rings. The van der Waals surface area contributed by atoms with Crippen molar-refractivity contribution in [2.45, 2.75) is 13.5 Å². The minimum atomic E-state index is 0.608. The molecular weight excluding hydrogens is 186 g/mol. The van der Waals surface area contributed by atoms with Crippen LogP contribution in [0.3, 0.4) is 0 Å². The van der Waals surface area contributed by atoms with Crippen molar-refractivity contribution in [1.29, 1.82) is 5.26 Å². The van der Waals surface area contributed by atoms with E-state index in [0.29, 0.717) is 12.2 Å². The van der Waals surface area contributed by atoms with Gasteiger partial charge in [0.25, 0.3) is 0 Å². The fourth-order valence-electron chi connectivity index (χ4n) is 1.52. The molecule has 0 bridgehead atoms. The summed E-state index contributed by atoms with van der Waals surface area (Å²) in [6.45, 7) is 2.61. The predicted octanol–water partition coefficient (Wildman–Crippen LogP) is 2.11. The van der Waals surface area contributed by atoms with Crippen LogP contribution in [0.25, 0.3) is 0 Å². The Morgan fingerprint density at radius 3 is 2.73 bits per heavy atom. The fraction of sp³-hybridized carbons (Fsp3) is 0.167. The number of imidazole rings is 1. The summed E-state index contributed by atoms with van der Waals surface area (Å²) in [6, 6.07) is 12.2. The summed E-state index contributed by atoms with van der Waals surface area (Å²) < 4.78 is 1.91. The second-order valence-electron chi connectivity index (χ2n) is 3.37. The molecule has 1 aromatic heterocycles. The standard InChI is InChI=1S/C12H11N3/c1-10-14-8-12(7-13)15(10)9-11-5-3-2-4-6-11/h2-6,8H,9H2,1H3. The van der Waals surface area contributed by atoms with E-state index in [0.717, 1.165) is 5.82 Å². The zero-order valence-corrected chi connectivity index (χ0v) is 8.51. The number of nitriles is 1. The summed E-state index contributed by atoms with van der Waals surface area (Å²) in [5.41, 5.74) is 1.78. The van der Waals surface area contributed by atoms with Crippen molar-refractivity contribution in [3.63, 3.8) is 0 Å². The van der Waals surface area contributed by atoms with Gasteiger partial charge in [0.2, 0.25) is 0 Å². The molecule has 0 aliphatic carbocycles. The molecule has 0 amide bonds. The lowest BCUT2D eigenvalue weighted by molar-refractivity contribution is 0.752. The molecule has 2 aromatic rings. The minimum Gasteiger partial charge on any atom is -0.316 e. The molecule has 74 valence electrons. The lowest BCUT2D eigenvalue weighted by Gasteiger charge is -2.05. The number of nitrogens with zero attached hydrogens (tertiary/aromatic N) is 3. The van der Waals surface area contributed by atoms with Gasteiger partial charge in [0.1, 0.15) is 17.6 Å². The van der Waals surface area contributed by atoms with Gasteiger partial charge in [-0.05, 0) is 12.5 Å². The SMILES string of the molecule is Cc1ncc(C#N)n1Cc1ccccc1. The van der Waals surface area contributed by atoms with Gasteiger partial charge in [-0.1, -0.05) is 30.3 Å². The van der Waals surface area contributed by atoms with Gasteiger partial charge in [0.05, 0.1) is 6.20 Å². The smallest absolute Gasteiger partial charge is 0.140 e. The third kappa shape index (κ3) is 1.89. The Balaban J connectivity index is 2.33. The molecule has 0 saturated carbocycles. The van der Waals surface area contributed by atoms with E-state index in [4.69, 9.17) is 5.26 Å². The predicted molar refractivity (Wildman–Crippen MR) is 57.2 cm³/mol. The van der Waals surface area contributed by atoms with Gasteiger partial charge < -0.3 is 4.57 Å². The number of aromatic nitrogens is 2. The summed E-state index contributed by atoms with van der Waals surface area (Å²) in [6.07, 6.45) is 1.61. The van der Waals surface area contributed by atoms with Crippen molar-refractivity contribution in [2.75, 3.05) is 0 Å². The van der Waals surface area contributed by atoms with Crippen molar-refractivity contribution in [1.82, 2.24) is 9.55 Å². The molecule has 15 heavy (non-hydrogen) atoms. The largest absolute Gasteiger partial charge is 0.316 e. The van der Waals surface area contributed by atoms with Gasteiger partial charge in [-0.3, -0.25) is 0 Å². The summed E-state index contributed by atoms with van der Waals surface area (Å²) in [7, 11) is 0. The summed E-state index contributed by atoms with van der Waals surface area (Å²) >= 11 is 0. The van der Waals surface area contributed by atoms with E-state index < -0.39 is 0 Å². The Morgan fingerprint density at radius 1 is 1.33 bits per heavy atom. The molecule has 0 unspecified atom stereocenters. The minimum absolute atomic E-state index is 0.608. The Kier molecular flexibility index (Phi) is 2.51. The Bertz CT molecular complexity index is 491. The van der Waals surface area contributed by atoms with Crippen LogP contribution in [-0.2, 0) is 6.54 Å². The van der Waals surface area contributed by atoms with E-state index >= 15 is 0 Å². The van der Waals surface area contributed by atoms with E-state index in [-0.39, 0.29) is 0 Å². The summed E-state index contributed by atoms with van der Waals surface area (Å²) in [5, 5.41) is 8.90. The van der Waals surface area contributed by atoms with Crippen LogP contribution in [-0.4, -0.2) is 9.55 Å². The third-order valence-corrected chi connectivity index (χ3v) is 2.35. The highest BCUT2D eigenvalue weighted by molar-refractivity contribution is 5.23. The number of rotatable bonds is 2. The maximum atomic E-state index is 8.90. The maximum absolute atomic E-state index is 8.90. The lowest BCUT2D eigenvalue weighted by atomic mass is 10.2. The van der Waals surface area contributed by atoms with Crippen molar-refractivity contribution in [3.8, 4) is 6.07 Å². The number of hydrogen-bond acceptors (Lipinski definition) is 2. The second-order valence-corrected chi connectivity index (χ2v) is 3.37. The van der Waals surface area contributed by atoms with Crippen LogP contribution in [0, 0.1) is 18.3 Å². The van der Waals surface area contributed by atoms with Crippen LogP contribution in [0.4, 0.5) is 0 Å². The van der Waals surface area contributed by atoms with Crippen molar-refractivity contribution in [2.24, 2.45) is 0 Å². The molecule has 1 heterocycles. The molecule has 0 N–H and O–H groups in total. The second kappa shape index (κ2) is 3.97. The molecule has 3 heteroatoms. The fourth-order valence-corrected chi connectivity index (χ4v) is 1.52. The third-order valence-electron chi connectivity index (χ3n) is 2.35. The van der Waals surface area contributed by atoms with Gasteiger partial charge in [0, 0.05) is 6.54 Å². The quantitative estimate of drug-likeness (QED) is 0.739. The van der Waals surface area contributed by atoms with Crippen LogP contribution in [0.5, 0.6) is 0 Å². The highest BCUT2D eigenvalue weighted by atomic mass is 15.1. The molecule has 0 spiro atoms. The molecule has 0 atom stereocenters. The first kappa shape index (κ1) is 9.47. The van der Waals surface area contributed by atoms with Crippen LogP contribution in [0.2, 0.25) is 0 Å². The Hall–Kier alpha value is -2.08. The first-order valence-corrected chi connectivity index (χ1v) is 4.77. The topological polar surface area (TPSA) is 41.6 Å². The number of aryl methyl sites for hydroxylation is 1. The molecular formula is C12H11N3. The number of benzene rings is 1. The molecule has 2 rings (SSSR count). The molecule has 0 aliphatic rings. The van der Waals surface area contributed by atoms with Crippen LogP contribution >= 0.6 is 0 Å². The van der Waals surface area contributed by atoms with E-state index in [1.165, 1.54) is 5.56 Å². The normalized spacial score (nSPS) is 9.87. The van der Waals surface area contributed by atoms with Gasteiger partial charge >= 0.3 is 0 Å². The average Bonchev–Trinajstić information content (AvgIpc) is 2.62. The Morgan fingerprint density at radius 2 is 2.07 bits per heavy atom. The average molecular weight is 197 g/mol. The number of hydrogen-bond donors (Lipinski definition) is 0. The zero-order valence-electron chi connectivity index (χ0n) is 8.51. The highest BCUT2D eigenvalue weighted by Crippen LogP contribution is 2.08. The molecule has 0 aliphatic heterocycles. The van der Waals surface area contributed by atoms with Crippen LogP contribution in [0.15, 0.2) is 36.5 Å². The van der Waals surface area contributed by atoms with Crippen molar-refractivity contribution in [3.05, 3.63) is 53.6 Å². The van der Waals surface area contributed by atoms with E-state index in [1.807, 2.05) is 41.8 Å². The molecule has 3 nitrogen and oxygen atoms in total. The molecule has 0 radical (unpaired) electrons. The maximum Gasteiger partial charge on any atom is 0.140 e. The highest BCUT2D eigenvalue weighted by Gasteiger charge is 2.05. The van der Waals surface area contributed by atoms with Gasteiger partial charge in [-0.15, -0.1) is 0 Å². The van der Waals surface area contributed by atoms with Gasteiger partial charge in [-0.2, -0.15) is 5.26 Å². The van der Waals surface area contributed by atoms with Crippen LogP contribution < -0.4 is 0 Å². The van der Waals surface area contributed by atoms with Crippen molar-refractivity contribution >= 4 is 0 Å². The first-order valence-electron chi connectivity index (χ1n) is 4.77. The summed E-state index contributed by atoms with van der Waals surface area (Å²) in [4.78, 5) is 4.12. The van der Waals surface area contributed by atoms with E-state index in [2.05, 4.69) is 11.1 Å². The Labute approximate surface area is 88.6 Å². The summed E-state index contributed by atoms with van der Waals surface area (Å²) in [5.74, 6) is 0.871. The molecule has 1 aromatic carbocycles. The molecule has 0 saturated heterocycles. The van der Waals surface area contributed by atoms with Gasteiger partial charge in [0.15, 0.2) is 0 Å². The van der Waals surface area contributed by atoms with E-state index in [9.17, 15) is 0 Å². The zero-order chi connectivity index (χ0) is 10.7. The van der Waals surface area contributed by atoms with Gasteiger partial charge in [-0.25, -0.2) is 4.98 Å². The lowest BCUT2D eigenvalue weighted by Crippen LogP contribution is -2.04. The first-order chi connectivity index (χ1) is 7.31. The van der Waals surface area contributed by atoms with E-state index in [1.54, 1.807) is 6.20 Å². The van der Waals surface area contributed by atoms with Crippen LogP contribution in [0.1, 0.15) is 17.1 Å². The monoisotopic (exact) mass is 197 g/mol.